The number of benzene rings is 1. The highest BCUT2D eigenvalue weighted by molar-refractivity contribution is 8.00. The lowest BCUT2D eigenvalue weighted by Crippen LogP contribution is -2.34. The smallest absolute Gasteiger partial charge is 0.237 e. The van der Waals surface area contributed by atoms with Gasteiger partial charge in [0.05, 0.1) is 29.2 Å². The van der Waals surface area contributed by atoms with Crippen molar-refractivity contribution in [2.75, 3.05) is 10.7 Å². The van der Waals surface area contributed by atoms with E-state index in [4.69, 9.17) is 0 Å². The van der Waals surface area contributed by atoms with E-state index in [1.54, 1.807) is 23.1 Å². The highest BCUT2D eigenvalue weighted by Gasteiger charge is 2.25. The Morgan fingerprint density at radius 1 is 1.39 bits per heavy atom. The fraction of sp³-hybridized carbons (Fsp3) is 0.231. The van der Waals surface area contributed by atoms with E-state index in [1.807, 2.05) is 35.5 Å². The molecule has 0 saturated heterocycles. The van der Waals surface area contributed by atoms with Gasteiger partial charge >= 0.3 is 0 Å². The Labute approximate surface area is 114 Å². The molecule has 0 fully saturated rings. The van der Waals surface area contributed by atoms with Crippen molar-refractivity contribution in [1.29, 1.82) is 0 Å². The first-order valence-electron chi connectivity index (χ1n) is 5.67. The number of fused-ring (bicyclic) bond motifs is 1. The Hall–Kier alpha value is -1.33. The first kappa shape index (κ1) is 11.7. The maximum atomic E-state index is 12.1. The van der Waals surface area contributed by atoms with Crippen molar-refractivity contribution in [3.05, 3.63) is 40.3 Å². The topological polar surface area (TPSA) is 33.2 Å². The van der Waals surface area contributed by atoms with Gasteiger partial charge in [0, 0.05) is 9.77 Å². The minimum atomic E-state index is 0.173. The van der Waals surface area contributed by atoms with Gasteiger partial charge in [0.1, 0.15) is 0 Å². The molecule has 0 N–H and O–H groups in total. The number of aromatic nitrogens is 1. The summed E-state index contributed by atoms with van der Waals surface area (Å²) in [7, 11) is 0. The van der Waals surface area contributed by atoms with Crippen LogP contribution in [0.2, 0.25) is 0 Å². The normalized spacial score (nSPS) is 14.7. The van der Waals surface area contributed by atoms with Gasteiger partial charge in [-0.15, -0.1) is 23.1 Å². The molecule has 5 heteroatoms. The summed E-state index contributed by atoms with van der Waals surface area (Å²) in [5.74, 6) is 0.695. The number of aryl methyl sites for hydroxylation is 1. The minimum Gasteiger partial charge on any atom is -0.305 e. The zero-order valence-electron chi connectivity index (χ0n) is 9.92. The second-order valence-electron chi connectivity index (χ2n) is 4.10. The molecular weight excluding hydrogens is 264 g/mol. The molecular formula is C13H12N2OS2. The van der Waals surface area contributed by atoms with Gasteiger partial charge in [-0.3, -0.25) is 4.79 Å². The fourth-order valence-electron chi connectivity index (χ4n) is 1.95. The predicted octanol–water partition coefficient (Wildman–Crippen LogP) is 3.09. The maximum absolute atomic E-state index is 12.1. The Morgan fingerprint density at radius 3 is 3.00 bits per heavy atom. The van der Waals surface area contributed by atoms with Crippen LogP contribution in [-0.2, 0) is 11.3 Å². The summed E-state index contributed by atoms with van der Waals surface area (Å²) in [4.78, 5) is 20.5. The molecule has 2 heterocycles. The van der Waals surface area contributed by atoms with Crippen molar-refractivity contribution in [3.63, 3.8) is 0 Å². The van der Waals surface area contributed by atoms with Gasteiger partial charge in [-0.05, 0) is 19.1 Å². The number of carbonyl (C=O) groups is 1. The molecule has 92 valence electrons. The van der Waals surface area contributed by atoms with Gasteiger partial charge in [-0.2, -0.15) is 0 Å². The second kappa shape index (κ2) is 4.74. The number of hydrogen-bond acceptors (Lipinski definition) is 4. The van der Waals surface area contributed by atoms with Gasteiger partial charge in [-0.25, -0.2) is 4.98 Å². The zero-order valence-corrected chi connectivity index (χ0v) is 11.6. The van der Waals surface area contributed by atoms with Crippen LogP contribution in [0.1, 0.15) is 10.6 Å². The molecule has 1 aromatic heterocycles. The van der Waals surface area contributed by atoms with Crippen LogP contribution in [0.25, 0.3) is 0 Å². The minimum absolute atomic E-state index is 0.173. The highest BCUT2D eigenvalue weighted by atomic mass is 32.2. The summed E-state index contributed by atoms with van der Waals surface area (Å²) in [6.07, 6.45) is 0. The number of thiazole rings is 1. The van der Waals surface area contributed by atoms with E-state index in [1.165, 1.54) is 4.90 Å². The summed E-state index contributed by atoms with van der Waals surface area (Å²) in [6, 6.07) is 8.07. The average molecular weight is 276 g/mol. The van der Waals surface area contributed by atoms with Gasteiger partial charge in [0.2, 0.25) is 5.91 Å². The van der Waals surface area contributed by atoms with Gasteiger partial charge in [0.15, 0.2) is 0 Å². The molecule has 0 aliphatic carbocycles. The summed E-state index contributed by atoms with van der Waals surface area (Å²) >= 11 is 3.22. The molecule has 0 spiro atoms. The average Bonchev–Trinajstić information content (AvgIpc) is 2.79. The number of thioether (sulfide) groups is 1. The molecule has 0 radical (unpaired) electrons. The van der Waals surface area contributed by atoms with Gasteiger partial charge in [-0.1, -0.05) is 12.1 Å². The third-order valence-corrected chi connectivity index (χ3v) is 4.92. The molecule has 2 aromatic rings. The van der Waals surface area contributed by atoms with E-state index in [0.717, 1.165) is 16.3 Å². The molecule has 0 atom stereocenters. The van der Waals surface area contributed by atoms with Crippen molar-refractivity contribution < 1.29 is 4.79 Å². The van der Waals surface area contributed by atoms with Gasteiger partial charge in [0.25, 0.3) is 0 Å². The Kier molecular flexibility index (Phi) is 3.09. The van der Waals surface area contributed by atoms with Crippen LogP contribution in [0, 0.1) is 6.92 Å². The number of nitrogens with zero attached hydrogens (tertiary/aromatic N) is 2. The lowest BCUT2D eigenvalue weighted by Gasteiger charge is -2.28. The van der Waals surface area contributed by atoms with E-state index in [0.29, 0.717) is 12.3 Å². The Balaban J connectivity index is 1.96. The van der Waals surface area contributed by atoms with Crippen LogP contribution < -0.4 is 4.90 Å². The van der Waals surface area contributed by atoms with Crippen LogP contribution in [0.15, 0.2) is 34.7 Å². The second-order valence-corrected chi connectivity index (χ2v) is 6.05. The quantitative estimate of drug-likeness (QED) is 0.845. The predicted molar refractivity (Wildman–Crippen MR) is 75.2 cm³/mol. The number of para-hydroxylation sites is 1. The Morgan fingerprint density at radius 2 is 2.22 bits per heavy atom. The van der Waals surface area contributed by atoms with E-state index in [9.17, 15) is 4.79 Å². The van der Waals surface area contributed by atoms with E-state index in [-0.39, 0.29) is 5.91 Å². The molecule has 0 unspecified atom stereocenters. The molecule has 3 rings (SSSR count). The third-order valence-electron chi connectivity index (χ3n) is 2.95. The van der Waals surface area contributed by atoms with Crippen molar-refractivity contribution in [1.82, 2.24) is 4.98 Å². The molecule has 1 aliphatic rings. The molecule has 0 bridgehead atoms. The largest absolute Gasteiger partial charge is 0.305 e. The van der Waals surface area contributed by atoms with Crippen LogP contribution >= 0.6 is 23.1 Å². The van der Waals surface area contributed by atoms with Crippen LogP contribution in [0.5, 0.6) is 0 Å². The summed E-state index contributed by atoms with van der Waals surface area (Å²) in [5, 5.41) is 0. The van der Waals surface area contributed by atoms with E-state index in [2.05, 4.69) is 11.1 Å². The first-order chi connectivity index (χ1) is 8.75. The number of anilines is 1. The van der Waals surface area contributed by atoms with Crippen LogP contribution in [0.3, 0.4) is 0 Å². The third kappa shape index (κ3) is 2.04. The number of carbonyl (C=O) groups excluding carboxylic acids is 1. The summed E-state index contributed by atoms with van der Waals surface area (Å²) in [6.45, 7) is 2.62. The van der Waals surface area contributed by atoms with Gasteiger partial charge < -0.3 is 4.90 Å². The first-order valence-corrected chi connectivity index (χ1v) is 7.53. The number of rotatable bonds is 2. The monoisotopic (exact) mass is 276 g/mol. The highest BCUT2D eigenvalue weighted by Crippen LogP contribution is 2.36. The molecule has 1 aliphatic heterocycles. The van der Waals surface area contributed by atoms with E-state index >= 15 is 0 Å². The van der Waals surface area contributed by atoms with Crippen LogP contribution in [-0.4, -0.2) is 16.6 Å². The molecule has 1 aromatic carbocycles. The van der Waals surface area contributed by atoms with Crippen molar-refractivity contribution in [2.45, 2.75) is 18.4 Å². The maximum Gasteiger partial charge on any atom is 0.237 e. The van der Waals surface area contributed by atoms with Crippen LogP contribution in [0.4, 0.5) is 5.69 Å². The molecule has 18 heavy (non-hydrogen) atoms. The number of hydrogen-bond donors (Lipinski definition) is 0. The summed E-state index contributed by atoms with van der Waals surface area (Å²) < 4.78 is 0. The molecule has 0 saturated carbocycles. The fourth-order valence-corrected chi connectivity index (χ4v) is 3.65. The zero-order chi connectivity index (χ0) is 12.5. The van der Waals surface area contributed by atoms with E-state index < -0.39 is 0 Å². The molecule has 1 amide bonds. The SMILES string of the molecule is Cc1ncsc1CN1C(=O)CSc2ccccc21. The lowest BCUT2D eigenvalue weighted by atomic mass is 10.2. The summed E-state index contributed by atoms with van der Waals surface area (Å²) in [5.41, 5.74) is 3.87. The Bertz CT molecular complexity index is 594. The number of amides is 1. The van der Waals surface area contributed by atoms with Crippen molar-refractivity contribution in [2.24, 2.45) is 0 Å². The standard InChI is InChI=1S/C13H12N2OS2/c1-9-12(18-8-14-9)6-15-10-4-2-3-5-11(10)17-7-13(15)16/h2-5,8H,6-7H2,1H3. The lowest BCUT2D eigenvalue weighted by molar-refractivity contribution is -0.116. The molecule has 3 nitrogen and oxygen atoms in total. The van der Waals surface area contributed by atoms with Crippen molar-refractivity contribution in [3.8, 4) is 0 Å². The van der Waals surface area contributed by atoms with Crippen molar-refractivity contribution >= 4 is 34.7 Å².